The molecule has 0 radical (unpaired) electrons. The summed E-state index contributed by atoms with van der Waals surface area (Å²) in [6.45, 7) is 3.22. The Balaban J connectivity index is 1.97. The topological polar surface area (TPSA) is 49.9 Å². The molecule has 0 saturated carbocycles. The van der Waals surface area contributed by atoms with Crippen LogP contribution in [0.4, 0.5) is 0 Å². The van der Waals surface area contributed by atoms with E-state index in [2.05, 4.69) is 17.0 Å². The van der Waals surface area contributed by atoms with Gasteiger partial charge in [-0.2, -0.15) is 0 Å². The smallest absolute Gasteiger partial charge is 0.218 e. The van der Waals surface area contributed by atoms with Crippen molar-refractivity contribution in [1.82, 2.24) is 9.21 Å². The number of sulfonamides is 1. The van der Waals surface area contributed by atoms with Gasteiger partial charge in [-0.25, -0.2) is 12.7 Å². The zero-order valence-electron chi connectivity index (χ0n) is 13.4. The van der Waals surface area contributed by atoms with Gasteiger partial charge in [-0.3, -0.25) is 4.90 Å². The largest absolute Gasteiger partial charge is 0.383 e. The highest BCUT2D eigenvalue weighted by atomic mass is 32.2. The number of benzene rings is 1. The maximum absolute atomic E-state index is 12.6. The van der Waals surface area contributed by atoms with Crippen molar-refractivity contribution in [3.63, 3.8) is 0 Å². The molecule has 1 aromatic carbocycles. The number of likely N-dealkylation sites (tertiary alicyclic amines) is 1. The molecule has 1 saturated heterocycles. The molecule has 5 nitrogen and oxygen atoms in total. The second-order valence-electron chi connectivity index (χ2n) is 5.84. The quantitative estimate of drug-likeness (QED) is 0.763. The summed E-state index contributed by atoms with van der Waals surface area (Å²) in [4.78, 5) is 2.24. The van der Waals surface area contributed by atoms with Crippen molar-refractivity contribution < 1.29 is 13.2 Å². The van der Waals surface area contributed by atoms with Gasteiger partial charge < -0.3 is 4.74 Å². The van der Waals surface area contributed by atoms with Crippen molar-refractivity contribution in [1.29, 1.82) is 0 Å². The van der Waals surface area contributed by atoms with E-state index in [1.165, 1.54) is 9.87 Å². The Kier molecular flexibility index (Phi) is 6.37. The lowest BCUT2D eigenvalue weighted by Gasteiger charge is -2.34. The predicted molar refractivity (Wildman–Crippen MR) is 88.2 cm³/mol. The van der Waals surface area contributed by atoms with Gasteiger partial charge in [0.1, 0.15) is 0 Å². The Hall–Kier alpha value is -0.950. The minimum absolute atomic E-state index is 0.313. The van der Waals surface area contributed by atoms with Gasteiger partial charge in [0.15, 0.2) is 0 Å². The summed E-state index contributed by atoms with van der Waals surface area (Å²) in [7, 11) is -0.0185. The fraction of sp³-hybridized carbons (Fsp3) is 0.625. The molecular weight excluding hydrogens is 300 g/mol. The van der Waals surface area contributed by atoms with Crippen LogP contribution < -0.4 is 0 Å². The first-order valence-electron chi connectivity index (χ1n) is 7.74. The van der Waals surface area contributed by atoms with Crippen molar-refractivity contribution in [3.05, 3.63) is 35.9 Å². The highest BCUT2D eigenvalue weighted by Crippen LogP contribution is 2.21. The summed E-state index contributed by atoms with van der Waals surface area (Å²) >= 11 is 0. The molecule has 0 spiro atoms. The third-order valence-electron chi connectivity index (χ3n) is 4.18. The zero-order valence-corrected chi connectivity index (χ0v) is 14.3. The number of rotatable bonds is 7. The second kappa shape index (κ2) is 8.06. The lowest BCUT2D eigenvalue weighted by atomic mass is 10.1. The molecule has 124 valence electrons. The summed E-state index contributed by atoms with van der Waals surface area (Å²) in [6.07, 6.45) is 1.67. The maximum Gasteiger partial charge on any atom is 0.218 e. The number of hydrogen-bond donors (Lipinski definition) is 0. The summed E-state index contributed by atoms with van der Waals surface area (Å²) < 4.78 is 31.7. The SMILES string of the molecule is COCCN(C)S(=O)(=O)[C@H]1CCCN(Cc2ccccc2)C1. The molecule has 0 unspecified atom stereocenters. The molecule has 0 aliphatic carbocycles. The Morgan fingerprint density at radius 2 is 2.05 bits per heavy atom. The van der Waals surface area contributed by atoms with Gasteiger partial charge in [0.25, 0.3) is 0 Å². The minimum Gasteiger partial charge on any atom is -0.383 e. The summed E-state index contributed by atoms with van der Waals surface area (Å²) in [5, 5.41) is -0.313. The van der Waals surface area contributed by atoms with Crippen molar-refractivity contribution in [2.24, 2.45) is 0 Å². The van der Waals surface area contributed by atoms with E-state index in [1.54, 1.807) is 14.2 Å². The summed E-state index contributed by atoms with van der Waals surface area (Å²) in [5.41, 5.74) is 1.23. The molecule has 0 N–H and O–H groups in total. The predicted octanol–water partition coefficient (Wildman–Crippen LogP) is 1.56. The van der Waals surface area contributed by atoms with E-state index in [0.29, 0.717) is 19.7 Å². The van der Waals surface area contributed by atoms with Gasteiger partial charge in [0.2, 0.25) is 10.0 Å². The van der Waals surface area contributed by atoms with Crippen LogP contribution >= 0.6 is 0 Å². The number of hydrogen-bond acceptors (Lipinski definition) is 4. The first-order chi connectivity index (χ1) is 10.5. The van der Waals surface area contributed by atoms with Crippen LogP contribution in [0.25, 0.3) is 0 Å². The van der Waals surface area contributed by atoms with Crippen molar-refractivity contribution >= 4 is 10.0 Å². The monoisotopic (exact) mass is 326 g/mol. The van der Waals surface area contributed by atoms with Crippen molar-refractivity contribution in [2.75, 3.05) is 40.4 Å². The van der Waals surface area contributed by atoms with Crippen LogP contribution in [-0.4, -0.2) is 63.3 Å². The van der Waals surface area contributed by atoms with Crippen LogP contribution in [0.15, 0.2) is 30.3 Å². The van der Waals surface area contributed by atoms with Crippen LogP contribution in [0, 0.1) is 0 Å². The van der Waals surface area contributed by atoms with E-state index in [4.69, 9.17) is 4.74 Å². The number of likely N-dealkylation sites (N-methyl/N-ethyl adjacent to an activating group) is 1. The molecule has 0 bridgehead atoms. The van der Waals surface area contributed by atoms with Crippen LogP contribution in [-0.2, 0) is 21.3 Å². The normalized spacial score (nSPS) is 20.4. The van der Waals surface area contributed by atoms with E-state index < -0.39 is 10.0 Å². The number of methoxy groups -OCH3 is 1. The zero-order chi connectivity index (χ0) is 16.0. The van der Waals surface area contributed by atoms with Gasteiger partial charge >= 0.3 is 0 Å². The van der Waals surface area contributed by atoms with Crippen molar-refractivity contribution in [2.45, 2.75) is 24.6 Å². The molecule has 1 aliphatic rings. The fourth-order valence-corrected chi connectivity index (χ4v) is 4.54. The van der Waals surface area contributed by atoms with E-state index in [-0.39, 0.29) is 5.25 Å². The summed E-state index contributed by atoms with van der Waals surface area (Å²) in [5.74, 6) is 0. The maximum atomic E-state index is 12.6. The third-order valence-corrected chi connectivity index (χ3v) is 6.46. The Morgan fingerprint density at radius 1 is 1.32 bits per heavy atom. The molecule has 0 amide bonds. The molecule has 1 aromatic rings. The second-order valence-corrected chi connectivity index (χ2v) is 8.16. The Morgan fingerprint density at radius 3 is 2.73 bits per heavy atom. The standard InChI is InChI=1S/C16H26N2O3S/c1-17(11-12-21-2)22(19,20)16-9-6-10-18(14-16)13-15-7-4-3-5-8-15/h3-5,7-8,16H,6,9-14H2,1-2H3/t16-/m0/s1. The summed E-state index contributed by atoms with van der Waals surface area (Å²) in [6, 6.07) is 10.2. The van der Waals surface area contributed by atoms with Gasteiger partial charge in [0.05, 0.1) is 11.9 Å². The lowest BCUT2D eigenvalue weighted by Crippen LogP contribution is -2.47. The fourth-order valence-electron chi connectivity index (χ4n) is 2.84. The van der Waals surface area contributed by atoms with Gasteiger partial charge in [-0.1, -0.05) is 30.3 Å². The average Bonchev–Trinajstić information content (AvgIpc) is 2.53. The lowest BCUT2D eigenvalue weighted by molar-refractivity contribution is 0.182. The van der Waals surface area contributed by atoms with Crippen LogP contribution in [0.3, 0.4) is 0 Å². The third kappa shape index (κ3) is 4.52. The van der Waals surface area contributed by atoms with Crippen LogP contribution in [0.1, 0.15) is 18.4 Å². The molecular formula is C16H26N2O3S. The van der Waals surface area contributed by atoms with E-state index in [0.717, 1.165) is 25.9 Å². The van der Waals surface area contributed by atoms with Crippen molar-refractivity contribution in [3.8, 4) is 0 Å². The molecule has 1 atom stereocenters. The van der Waals surface area contributed by atoms with Crippen LogP contribution in [0.5, 0.6) is 0 Å². The van der Waals surface area contributed by atoms with E-state index in [9.17, 15) is 8.42 Å². The van der Waals surface area contributed by atoms with Gasteiger partial charge in [0, 0.05) is 33.8 Å². The van der Waals surface area contributed by atoms with Gasteiger partial charge in [-0.05, 0) is 24.9 Å². The highest BCUT2D eigenvalue weighted by molar-refractivity contribution is 7.89. The van der Waals surface area contributed by atoms with E-state index >= 15 is 0 Å². The molecule has 0 aromatic heterocycles. The highest BCUT2D eigenvalue weighted by Gasteiger charge is 2.33. The minimum atomic E-state index is -3.25. The molecule has 1 heterocycles. The van der Waals surface area contributed by atoms with Crippen LogP contribution in [0.2, 0.25) is 0 Å². The first-order valence-corrected chi connectivity index (χ1v) is 9.24. The van der Waals surface area contributed by atoms with E-state index in [1.807, 2.05) is 18.2 Å². The number of ether oxygens (including phenoxy) is 1. The molecule has 6 heteroatoms. The Labute approximate surface area is 133 Å². The average molecular weight is 326 g/mol. The first kappa shape index (κ1) is 17.4. The molecule has 1 aliphatic heterocycles. The molecule has 22 heavy (non-hydrogen) atoms. The number of nitrogens with zero attached hydrogens (tertiary/aromatic N) is 2. The molecule has 2 rings (SSSR count). The number of piperidine rings is 1. The van der Waals surface area contributed by atoms with Gasteiger partial charge in [-0.15, -0.1) is 0 Å². The Bertz CT molecular complexity index is 548. The molecule has 1 fully saturated rings.